The number of rotatable bonds is 17. The van der Waals surface area contributed by atoms with Crippen LogP contribution in [0, 0.1) is 24.7 Å². The molecule has 0 spiro atoms. The number of amides is 2. The molecule has 0 unspecified atom stereocenters. The SMILES string of the molecule is C#C[C@@]1(O)[C@H](O)[C@](CO)(CF)O[C@H]1N1C=CC(=O)NC1=C.C#C[C@]1(O)[C@H](n2cnc3c(N)ccnc32)O[C@](C)(CO)[C@H]1O.C=C1N=C(N)C=CN1[C@@H]1O[C@@](CO)(CCl)[C@@H](O)C1(F)F.C=C1N=C(N)C=CN1[C@@H]1O[C@@](CO)(CF)[C@@H](O)C1(F)F.C=C1NC(=O)C=CN1[C@@H]1O[C@@](CO)(CF)[C@@H](O)[C@@]1(C)O.C=C[C@]1(CO)O[C@@H](N2C=CC(N)=NC2=C)C(F)(F)[C@@H]1O. The van der Waals surface area contributed by atoms with Gasteiger partial charge in [0.2, 0.25) is 18.7 Å². The zero-order chi connectivity index (χ0) is 92.5. The van der Waals surface area contributed by atoms with Crippen molar-refractivity contribution in [3.63, 3.8) is 0 Å². The normalized spacial score (nSPS) is 37.3. The highest BCUT2D eigenvalue weighted by atomic mass is 35.5. The highest BCUT2D eigenvalue weighted by molar-refractivity contribution is 6.18. The van der Waals surface area contributed by atoms with Gasteiger partial charge in [-0.2, -0.15) is 26.3 Å². The molecule has 11 aliphatic rings. The molecule has 2 aromatic rings. The lowest BCUT2D eigenvalue weighted by atomic mass is 9.87. The number of hydrogen-bond acceptors (Lipinski definition) is 37. The van der Waals surface area contributed by atoms with Crippen molar-refractivity contribution in [1.82, 2.24) is 49.7 Å². The number of ether oxygens (including phenoxy) is 6. The van der Waals surface area contributed by atoms with Crippen molar-refractivity contribution >= 4 is 57.8 Å². The van der Waals surface area contributed by atoms with Crippen LogP contribution in [0.4, 0.5) is 45.2 Å². The number of carbonyl (C=O) groups excluding carboxylic acids is 2. The minimum atomic E-state index is -3.83. The Morgan fingerprint density at radius 3 is 1.24 bits per heavy atom. The zero-order valence-corrected chi connectivity index (χ0v) is 65.7. The van der Waals surface area contributed by atoms with E-state index in [9.17, 15) is 121 Å². The number of carbonyl (C=O) groups is 2. The summed E-state index contributed by atoms with van der Waals surface area (Å²) in [5, 5.41) is 151. The molecule has 2 amide bonds. The number of imidazole rings is 1. The first-order chi connectivity index (χ1) is 57.3. The van der Waals surface area contributed by atoms with Crippen LogP contribution >= 0.6 is 11.6 Å². The molecule has 676 valence electrons. The summed E-state index contributed by atoms with van der Waals surface area (Å²) in [5.41, 5.74) is 5.38. The molecule has 13 rings (SSSR count). The molecule has 123 heavy (non-hydrogen) atoms. The van der Waals surface area contributed by atoms with Gasteiger partial charge in [0.05, 0.1) is 57.5 Å². The number of nitrogens with two attached hydrogens (primary N) is 4. The Hall–Kier alpha value is -10.1. The van der Waals surface area contributed by atoms with Crippen LogP contribution in [-0.2, 0) is 38.0 Å². The third kappa shape index (κ3) is 17.4. The maximum Gasteiger partial charge on any atom is 0.320 e. The summed E-state index contributed by atoms with van der Waals surface area (Å²) in [5.74, 6) is -8.21. The second kappa shape index (κ2) is 36.6. The summed E-state index contributed by atoms with van der Waals surface area (Å²) < 4.78 is 157. The molecule has 50 heteroatoms. The van der Waals surface area contributed by atoms with Crippen molar-refractivity contribution in [2.24, 2.45) is 32.2 Å². The highest BCUT2D eigenvalue weighted by Crippen LogP contribution is 2.51. The number of nitrogen functional groups attached to an aromatic ring is 1. The molecule has 11 aliphatic heterocycles. The van der Waals surface area contributed by atoms with E-state index in [4.69, 9.17) is 80.9 Å². The first-order valence-corrected chi connectivity index (χ1v) is 36.3. The number of pyridine rings is 1. The number of nitrogens with zero attached hydrogens (tertiary/aromatic N) is 11. The van der Waals surface area contributed by atoms with E-state index in [1.807, 2.05) is 5.92 Å². The Balaban J connectivity index is 0.000000183. The van der Waals surface area contributed by atoms with Crippen LogP contribution in [0.15, 0.2) is 170 Å². The first-order valence-electron chi connectivity index (χ1n) is 35.8. The van der Waals surface area contributed by atoms with Crippen molar-refractivity contribution in [2.75, 3.05) is 71.3 Å². The predicted molar refractivity (Wildman–Crippen MR) is 411 cm³/mol. The number of nitrogens with one attached hydrogen (secondary N) is 2. The number of alkyl halides is 10. The number of anilines is 1. The molecule has 40 nitrogen and oxygen atoms in total. The number of hydrogen-bond donors (Lipinski definition) is 21. The quantitative estimate of drug-likeness (QED) is 0.0306. The van der Waals surface area contributed by atoms with E-state index in [0.29, 0.717) is 16.9 Å². The van der Waals surface area contributed by atoms with Gasteiger partial charge < -0.3 is 163 Å². The lowest BCUT2D eigenvalue weighted by molar-refractivity contribution is -0.156. The Morgan fingerprint density at radius 1 is 0.504 bits per heavy atom. The van der Waals surface area contributed by atoms with Gasteiger partial charge in [-0.25, -0.2) is 38.1 Å². The highest BCUT2D eigenvalue weighted by Gasteiger charge is 2.72. The van der Waals surface area contributed by atoms with Crippen molar-refractivity contribution in [1.29, 1.82) is 0 Å². The zero-order valence-electron chi connectivity index (χ0n) is 65.0. The van der Waals surface area contributed by atoms with E-state index in [1.54, 1.807) is 6.07 Å². The summed E-state index contributed by atoms with van der Waals surface area (Å²) in [4.78, 5) is 47.0. The van der Waals surface area contributed by atoms with Gasteiger partial charge in [-0.1, -0.05) is 50.8 Å². The number of aromatic nitrogens is 3. The van der Waals surface area contributed by atoms with Gasteiger partial charge in [0.25, 0.3) is 11.8 Å². The standard InChI is InChI=1S/C14H16N4O4.C13H15FN2O5.C12H15F2N3O3.C12H17FN2O5.C11H14ClF2N3O3.C11H14F3N3O3/c1-3-14(21)11(20)13(2,6-19)22-12(14)18-7-17-9-8(15)4-5-16-10(9)18;1-3-13(20)10(19)12(6-14,7-17)21-11(13)16-5-4-9(18)15-8(16)2;1-3-11(6-18)9(19)12(13,14)10(20-11)17-5-4-8(15)16-7(17)2;1-7-14-8(17)3-4-15(7)10-11(2,19)9(18)12(5-13,6-16)20-10;2*1-6-16-7(15)2-3-17(6)9-11(13,14)8(19)10(4-12,5-18)20-9/h1,4-5,7,11-12,19-21H,6H2,2H3,(H2,15,16);1,4-5,10-11,17,19-20H,2,6-7H2,(H,15,18);3-5,9-10,18-19H,1-2,6H2,(H2,15,16);3-4,9-10,16,18-19H,1,5-6H2,2H3,(H,14,17);2*2-3,8-9,18-19H,1,4-5H2,(H2,15,16)/t11-,12-,13-,14-;10-,11-,12-,13-;9-,10-,11-;9-,10+,11+,12+;2*8-,9-,10-/m111011/s1. The van der Waals surface area contributed by atoms with Crippen molar-refractivity contribution in [2.45, 2.75) is 156 Å². The van der Waals surface area contributed by atoms with E-state index in [2.05, 4.69) is 81.0 Å². The molecule has 0 radical (unpaired) electrons. The number of aliphatic imine (C=N–C) groups is 3. The van der Waals surface area contributed by atoms with Crippen LogP contribution in [0.2, 0.25) is 0 Å². The van der Waals surface area contributed by atoms with Gasteiger partial charge in [-0.3, -0.25) is 14.2 Å². The second-order valence-corrected chi connectivity index (χ2v) is 29.5. The fourth-order valence-corrected chi connectivity index (χ4v) is 13.9. The molecule has 21 atom stereocenters. The number of amidine groups is 3. The number of aliphatic hydroxyl groups excluding tert-OH is 12. The van der Waals surface area contributed by atoms with Crippen molar-refractivity contribution in [3.05, 3.63) is 155 Å². The van der Waals surface area contributed by atoms with Gasteiger partial charge in [-0.15, -0.1) is 31.0 Å². The summed E-state index contributed by atoms with van der Waals surface area (Å²) in [6.07, 6.45) is 5.12. The number of terminal acetylenes is 2. The van der Waals surface area contributed by atoms with E-state index in [-0.39, 0.29) is 46.6 Å². The van der Waals surface area contributed by atoms with Gasteiger partial charge >= 0.3 is 17.8 Å². The Labute approximate surface area is 697 Å². The third-order valence-corrected chi connectivity index (χ3v) is 21.5. The fraction of sp³-hybridized carbons (Fsp3) is 0.493. The summed E-state index contributed by atoms with van der Waals surface area (Å²) in [7, 11) is 0. The average Bonchev–Trinajstić information content (AvgIpc) is 1.62. The first kappa shape index (κ1) is 98.3. The van der Waals surface area contributed by atoms with Gasteiger partial charge in [0.1, 0.15) is 113 Å². The van der Waals surface area contributed by atoms with Crippen molar-refractivity contribution < 1.29 is 154 Å². The van der Waals surface area contributed by atoms with Crippen LogP contribution < -0.4 is 33.6 Å². The Bertz CT molecular complexity index is 4620. The number of halogens is 10. The monoisotopic (exact) mass is 1780 g/mol. The minimum absolute atomic E-state index is 0.0287. The molecule has 13 heterocycles. The summed E-state index contributed by atoms with van der Waals surface area (Å²) in [6, 6.07) is 1.59. The smallest absolute Gasteiger partial charge is 0.320 e. The Kier molecular flexibility index (Phi) is 29.2. The number of aliphatic hydroxyl groups is 15. The maximum absolute atomic E-state index is 14.2. The van der Waals surface area contributed by atoms with Crippen LogP contribution in [0.5, 0.6) is 0 Å². The summed E-state index contributed by atoms with van der Waals surface area (Å²) >= 11 is 5.57. The molecule has 0 bridgehead atoms. The maximum atomic E-state index is 14.2. The van der Waals surface area contributed by atoms with Gasteiger partial charge in [-0.05, 0) is 38.1 Å². The minimum Gasteiger partial charge on any atom is -0.397 e. The van der Waals surface area contributed by atoms with Crippen LogP contribution in [-0.4, -0.2) is 346 Å². The van der Waals surface area contributed by atoms with E-state index in [0.717, 1.165) is 38.0 Å². The van der Waals surface area contributed by atoms with E-state index in [1.165, 1.54) is 84.9 Å². The molecule has 2 aromatic heterocycles. The molecule has 25 N–H and O–H groups in total. The summed E-state index contributed by atoms with van der Waals surface area (Å²) in [6.45, 7) is 14.8. The molecule has 0 saturated carbocycles. The third-order valence-electron chi connectivity index (χ3n) is 21.0. The van der Waals surface area contributed by atoms with Gasteiger partial charge in [0.15, 0.2) is 70.6 Å². The molecule has 6 saturated heterocycles. The predicted octanol–water partition coefficient (Wildman–Crippen LogP) is -4.65. The molecule has 0 aromatic carbocycles. The molecule has 6 fully saturated rings. The van der Waals surface area contributed by atoms with E-state index >= 15 is 0 Å². The Morgan fingerprint density at radius 2 is 0.878 bits per heavy atom. The van der Waals surface area contributed by atoms with Crippen molar-refractivity contribution in [3.8, 4) is 24.7 Å². The van der Waals surface area contributed by atoms with Crippen LogP contribution in [0.25, 0.3) is 11.2 Å². The van der Waals surface area contributed by atoms with E-state index < -0.39 is 220 Å². The number of fused-ring (bicyclic) bond motifs is 1. The molecular weight excluding hydrogens is 1690 g/mol. The topological polar surface area (TPSA) is 605 Å². The second-order valence-electron chi connectivity index (χ2n) is 29.2. The average molecular weight is 1780 g/mol. The lowest BCUT2D eigenvalue weighted by Gasteiger charge is -2.37. The lowest BCUT2D eigenvalue weighted by Crippen LogP contribution is -2.56. The molecular formula is C73H91ClF9N17O23. The van der Waals surface area contributed by atoms with Gasteiger partial charge in [0, 0.05) is 49.3 Å². The fourth-order valence-electron chi connectivity index (χ4n) is 13.6. The molecule has 0 aliphatic carbocycles. The van der Waals surface area contributed by atoms with Crippen LogP contribution in [0.1, 0.15) is 20.1 Å². The van der Waals surface area contributed by atoms with Crippen LogP contribution in [0.3, 0.4) is 0 Å². The largest absolute Gasteiger partial charge is 0.397 e.